The highest BCUT2D eigenvalue weighted by Crippen LogP contribution is 2.38. The van der Waals surface area contributed by atoms with Crippen LogP contribution in [0.4, 0.5) is 0 Å². The van der Waals surface area contributed by atoms with Gasteiger partial charge in [-0.3, -0.25) is 14.2 Å². The number of carbonyl (C=O) groups excluding carboxylic acids is 2. The molecule has 0 aromatic heterocycles. The molecular formula is C56H107N2O7P. The van der Waals surface area contributed by atoms with Gasteiger partial charge in [-0.2, -0.15) is 0 Å². The van der Waals surface area contributed by atoms with Crippen LogP contribution in [0.1, 0.15) is 258 Å². The van der Waals surface area contributed by atoms with Crippen molar-refractivity contribution in [1.29, 1.82) is 0 Å². The molecule has 0 aliphatic carbocycles. The van der Waals surface area contributed by atoms with Gasteiger partial charge >= 0.3 is 5.97 Å². The maximum absolute atomic E-state index is 13.4. The van der Waals surface area contributed by atoms with Gasteiger partial charge in [0.2, 0.25) is 5.91 Å². The molecule has 3 unspecified atom stereocenters. The molecule has 0 saturated heterocycles. The number of nitrogens with zero attached hydrogens (tertiary/aromatic N) is 1. The average molecular weight is 951 g/mol. The summed E-state index contributed by atoms with van der Waals surface area (Å²) in [7, 11) is 1.17. The predicted molar refractivity (Wildman–Crippen MR) is 279 cm³/mol. The molecule has 1 amide bonds. The maximum atomic E-state index is 13.4. The van der Waals surface area contributed by atoms with Gasteiger partial charge in [-0.25, -0.2) is 0 Å². The van der Waals surface area contributed by atoms with Crippen molar-refractivity contribution in [3.05, 3.63) is 36.5 Å². The smallest absolute Gasteiger partial charge is 0.306 e. The Morgan fingerprint density at radius 3 is 1.29 bits per heavy atom. The number of allylic oxidation sites excluding steroid dienone is 5. The largest absolute Gasteiger partial charge is 0.756 e. The van der Waals surface area contributed by atoms with Crippen molar-refractivity contribution in [2.24, 2.45) is 0 Å². The number of nitrogens with one attached hydrogen (secondary N) is 1. The molecular weight excluding hydrogens is 844 g/mol. The normalized spacial score (nSPS) is 14.1. The monoisotopic (exact) mass is 951 g/mol. The van der Waals surface area contributed by atoms with Crippen molar-refractivity contribution >= 4 is 19.7 Å². The lowest BCUT2D eigenvalue weighted by atomic mass is 10.1. The number of hydrogen-bond donors (Lipinski definition) is 1. The summed E-state index contributed by atoms with van der Waals surface area (Å²) in [5.74, 6) is -0.573. The second-order valence-electron chi connectivity index (χ2n) is 20.1. The first-order valence-electron chi connectivity index (χ1n) is 27.8. The van der Waals surface area contributed by atoms with Gasteiger partial charge in [-0.15, -0.1) is 0 Å². The van der Waals surface area contributed by atoms with Crippen molar-refractivity contribution in [1.82, 2.24) is 5.32 Å². The summed E-state index contributed by atoms with van der Waals surface area (Å²) in [5, 5.41) is 3.00. The van der Waals surface area contributed by atoms with Gasteiger partial charge in [0.15, 0.2) is 0 Å². The Morgan fingerprint density at radius 1 is 0.515 bits per heavy atom. The molecule has 388 valence electrons. The zero-order valence-corrected chi connectivity index (χ0v) is 45.0. The Morgan fingerprint density at radius 2 is 0.879 bits per heavy atom. The number of phosphoric acid groups is 1. The number of hydrogen-bond acceptors (Lipinski definition) is 7. The number of carbonyl (C=O) groups is 2. The average Bonchev–Trinajstić information content (AvgIpc) is 3.27. The number of amides is 1. The molecule has 10 heteroatoms. The third-order valence-electron chi connectivity index (χ3n) is 12.3. The van der Waals surface area contributed by atoms with E-state index >= 15 is 0 Å². The molecule has 0 bridgehead atoms. The van der Waals surface area contributed by atoms with Gasteiger partial charge in [0.25, 0.3) is 7.82 Å². The van der Waals surface area contributed by atoms with Gasteiger partial charge < -0.3 is 28.5 Å². The van der Waals surface area contributed by atoms with Crippen LogP contribution >= 0.6 is 7.82 Å². The van der Waals surface area contributed by atoms with E-state index in [1.165, 1.54) is 141 Å². The third-order valence-corrected chi connectivity index (χ3v) is 13.3. The van der Waals surface area contributed by atoms with Gasteiger partial charge in [0, 0.05) is 12.8 Å². The molecule has 0 aromatic carbocycles. The highest BCUT2D eigenvalue weighted by molar-refractivity contribution is 7.45. The Bertz CT molecular complexity index is 1230. The SMILES string of the molecule is CCCCCCCCC/C=C\CCCCCC(=O)NC(COP(=O)([O-])OCC[N+](C)(C)C)C(/C=C/CCCCCCCCCCCC)OC(=O)CCCCC/C=C\CCCCCCCCC. The van der Waals surface area contributed by atoms with E-state index in [1.807, 2.05) is 33.3 Å². The fraction of sp³-hybridized carbons (Fsp3) is 0.857. The lowest BCUT2D eigenvalue weighted by Gasteiger charge is -2.30. The first kappa shape index (κ1) is 64.2. The molecule has 0 aliphatic heterocycles. The highest BCUT2D eigenvalue weighted by Gasteiger charge is 2.27. The predicted octanol–water partition coefficient (Wildman–Crippen LogP) is 15.8. The van der Waals surface area contributed by atoms with E-state index in [0.717, 1.165) is 70.6 Å². The Labute approximate surface area is 408 Å². The number of phosphoric ester groups is 1. The molecule has 0 aromatic rings. The van der Waals surface area contributed by atoms with E-state index < -0.39 is 26.6 Å². The zero-order chi connectivity index (χ0) is 48.7. The van der Waals surface area contributed by atoms with Crippen molar-refractivity contribution in [2.45, 2.75) is 270 Å². The van der Waals surface area contributed by atoms with Crippen LogP contribution in [-0.4, -0.2) is 69.4 Å². The van der Waals surface area contributed by atoms with Crippen LogP contribution in [0.5, 0.6) is 0 Å². The number of esters is 1. The topological polar surface area (TPSA) is 114 Å². The van der Waals surface area contributed by atoms with Crippen LogP contribution < -0.4 is 10.2 Å². The standard InChI is InChI=1S/C56H107N2O7P/c1-7-10-13-16-19-22-25-28-30-33-36-39-42-45-48-55(59)57-53(52-64-66(61,62)63-51-50-58(4,5)6)54(47-44-41-38-35-32-27-24-21-18-15-12-9-3)65-56(60)49-46-43-40-37-34-31-29-26-23-20-17-14-11-8-2/h30-31,33-34,44,47,53-54H,7-29,32,35-43,45-46,48-52H2,1-6H3,(H-,57,59,61,62)/b33-30-,34-31-,47-44+. The van der Waals surface area contributed by atoms with Crippen molar-refractivity contribution in [3.63, 3.8) is 0 Å². The number of rotatable bonds is 50. The van der Waals surface area contributed by atoms with Crippen LogP contribution in [0.3, 0.4) is 0 Å². The summed E-state index contributed by atoms with van der Waals surface area (Å²) >= 11 is 0. The van der Waals surface area contributed by atoms with Crippen LogP contribution in [0.2, 0.25) is 0 Å². The van der Waals surface area contributed by atoms with Crippen molar-refractivity contribution in [2.75, 3.05) is 40.9 Å². The molecule has 0 aliphatic rings. The third kappa shape index (κ3) is 47.3. The molecule has 9 nitrogen and oxygen atoms in total. The first-order valence-corrected chi connectivity index (χ1v) is 29.3. The van der Waals surface area contributed by atoms with Crippen molar-refractivity contribution in [3.8, 4) is 0 Å². The minimum atomic E-state index is -4.69. The lowest BCUT2D eigenvalue weighted by Crippen LogP contribution is -2.47. The molecule has 0 heterocycles. The second-order valence-corrected chi connectivity index (χ2v) is 21.5. The van der Waals surface area contributed by atoms with E-state index in [2.05, 4.69) is 50.4 Å². The number of ether oxygens (including phenoxy) is 1. The summed E-state index contributed by atoms with van der Waals surface area (Å²) in [4.78, 5) is 39.7. The van der Waals surface area contributed by atoms with E-state index in [0.29, 0.717) is 30.3 Å². The quantitative estimate of drug-likeness (QED) is 0.0212. The minimum Gasteiger partial charge on any atom is -0.756 e. The molecule has 0 spiro atoms. The van der Waals surface area contributed by atoms with E-state index in [4.69, 9.17) is 13.8 Å². The fourth-order valence-electron chi connectivity index (χ4n) is 7.92. The number of likely N-dealkylation sites (N-methyl/N-ethyl adjacent to an activating group) is 1. The molecule has 1 N–H and O–H groups in total. The van der Waals surface area contributed by atoms with Crippen LogP contribution in [-0.2, 0) is 27.9 Å². The van der Waals surface area contributed by atoms with E-state index in [-0.39, 0.29) is 24.9 Å². The zero-order valence-electron chi connectivity index (χ0n) is 44.2. The molecule has 0 saturated carbocycles. The molecule has 0 radical (unpaired) electrons. The van der Waals surface area contributed by atoms with Crippen LogP contribution in [0, 0.1) is 0 Å². The van der Waals surface area contributed by atoms with Gasteiger partial charge in [0.1, 0.15) is 19.3 Å². The number of unbranched alkanes of at least 4 members (excludes halogenated alkanes) is 30. The second kappa shape index (κ2) is 46.9. The first-order chi connectivity index (χ1) is 31.9. The highest BCUT2D eigenvalue weighted by atomic mass is 31.2. The molecule has 66 heavy (non-hydrogen) atoms. The summed E-state index contributed by atoms with van der Waals surface area (Å²) in [6.07, 6.45) is 53.9. The van der Waals surface area contributed by atoms with Crippen molar-refractivity contribution < 1.29 is 37.3 Å². The molecule has 0 fully saturated rings. The van der Waals surface area contributed by atoms with Crippen LogP contribution in [0.15, 0.2) is 36.5 Å². The lowest BCUT2D eigenvalue weighted by molar-refractivity contribution is -0.870. The fourth-order valence-corrected chi connectivity index (χ4v) is 8.64. The van der Waals surface area contributed by atoms with E-state index in [1.54, 1.807) is 0 Å². The Kier molecular flexibility index (Phi) is 45.7. The van der Waals surface area contributed by atoms with Gasteiger partial charge in [-0.1, -0.05) is 199 Å². The molecule has 0 rings (SSSR count). The van der Waals surface area contributed by atoms with Crippen LogP contribution in [0.25, 0.3) is 0 Å². The Hall–Kier alpha value is -1.77. The van der Waals surface area contributed by atoms with Gasteiger partial charge in [0.05, 0.1) is 33.8 Å². The summed E-state index contributed by atoms with van der Waals surface area (Å²) in [6, 6.07) is -0.897. The maximum Gasteiger partial charge on any atom is 0.306 e. The summed E-state index contributed by atoms with van der Waals surface area (Å²) in [5.41, 5.74) is 0. The van der Waals surface area contributed by atoms with E-state index in [9.17, 15) is 19.0 Å². The Balaban J connectivity index is 5.43. The minimum absolute atomic E-state index is 0.0260. The molecule has 3 atom stereocenters. The van der Waals surface area contributed by atoms with Gasteiger partial charge in [-0.05, 0) is 83.1 Å². The number of quaternary nitrogens is 1. The summed E-state index contributed by atoms with van der Waals surface area (Å²) < 4.78 is 30.1. The summed E-state index contributed by atoms with van der Waals surface area (Å²) in [6.45, 7) is 6.81.